The van der Waals surface area contributed by atoms with E-state index >= 15 is 0 Å². The van der Waals surface area contributed by atoms with Gasteiger partial charge in [0.05, 0.1) is 0 Å². The van der Waals surface area contributed by atoms with Crippen molar-refractivity contribution < 1.29 is 9.13 Å². The molecule has 8 heteroatoms. The summed E-state index contributed by atoms with van der Waals surface area (Å²) >= 11 is 0. The van der Waals surface area contributed by atoms with Crippen molar-refractivity contribution in [3.63, 3.8) is 0 Å². The third-order valence-electron chi connectivity index (χ3n) is 11.4. The fourth-order valence-corrected chi connectivity index (χ4v) is 8.01. The Bertz CT molecular complexity index is 2480. The highest BCUT2D eigenvalue weighted by atomic mass is 15.0. The lowest BCUT2D eigenvalue weighted by Gasteiger charge is -2.10. The van der Waals surface area contributed by atoms with Crippen LogP contribution in [0.5, 0.6) is 0 Å². The third-order valence-corrected chi connectivity index (χ3v) is 11.4. The molecule has 0 saturated carbocycles. The van der Waals surface area contributed by atoms with E-state index in [0.29, 0.717) is 0 Å². The molecule has 0 radical (unpaired) electrons. The number of nitrogen functional groups attached to an aromatic ring is 4. The fraction of sp³-hybridized carbons (Fsp3) is 0.250. The van der Waals surface area contributed by atoms with Crippen LogP contribution < -0.4 is 32.1 Å². The van der Waals surface area contributed by atoms with E-state index in [9.17, 15) is 0 Å². The van der Waals surface area contributed by atoms with E-state index in [1.807, 2.05) is 52.0 Å². The first-order valence-corrected chi connectivity index (χ1v) is 19.9. The molecular weight excluding hydrogens is 689 g/mol. The van der Waals surface area contributed by atoms with Crippen LogP contribution in [0.3, 0.4) is 0 Å². The van der Waals surface area contributed by atoms with E-state index in [-0.39, 0.29) is 0 Å². The molecule has 6 aromatic carbocycles. The molecule has 0 unspecified atom stereocenters. The summed E-state index contributed by atoms with van der Waals surface area (Å²) in [6.07, 6.45) is 9.29. The molecule has 0 fully saturated rings. The Morgan fingerprint density at radius 3 is 1.02 bits per heavy atom. The first-order chi connectivity index (χ1) is 27.0. The number of hydrogen-bond acceptors (Lipinski definition) is 6. The van der Waals surface area contributed by atoms with Crippen LogP contribution in [-0.2, 0) is 12.8 Å². The molecular formula is C48H52N8+2. The van der Waals surface area contributed by atoms with Gasteiger partial charge in [-0.3, -0.25) is 0 Å². The van der Waals surface area contributed by atoms with Crippen molar-refractivity contribution in [3.05, 3.63) is 130 Å². The number of anilines is 4. The molecule has 0 spiro atoms. The molecule has 8 N–H and O–H groups in total. The molecule has 8 rings (SSSR count). The van der Waals surface area contributed by atoms with Crippen LogP contribution in [0.25, 0.3) is 55.5 Å². The van der Waals surface area contributed by atoms with E-state index < -0.39 is 0 Å². The maximum absolute atomic E-state index is 6.42. The van der Waals surface area contributed by atoms with Crippen molar-refractivity contribution in [3.8, 4) is 11.4 Å². The van der Waals surface area contributed by atoms with Gasteiger partial charge in [0.15, 0.2) is 0 Å². The van der Waals surface area contributed by atoms with Crippen molar-refractivity contribution in [2.24, 2.45) is 0 Å². The van der Waals surface area contributed by atoms with E-state index in [4.69, 9.17) is 32.9 Å². The lowest BCUT2D eigenvalue weighted by Crippen LogP contribution is -2.33. The number of fused-ring (bicyclic) bond motifs is 4. The van der Waals surface area contributed by atoms with Crippen LogP contribution in [0.2, 0.25) is 0 Å². The van der Waals surface area contributed by atoms with Gasteiger partial charge in [-0.05, 0) is 111 Å². The highest BCUT2D eigenvalue weighted by molar-refractivity contribution is 5.88. The maximum atomic E-state index is 6.42. The van der Waals surface area contributed by atoms with Gasteiger partial charge in [-0.15, -0.1) is 9.13 Å². The molecule has 0 atom stereocenters. The maximum Gasteiger partial charge on any atom is 0.239 e. The normalized spacial score (nSPS) is 11.7. The summed E-state index contributed by atoms with van der Waals surface area (Å²) < 4.78 is 4.52. The predicted molar refractivity (Wildman–Crippen MR) is 233 cm³/mol. The molecule has 0 saturated heterocycles. The van der Waals surface area contributed by atoms with Gasteiger partial charge in [0.2, 0.25) is 33.4 Å². The van der Waals surface area contributed by atoms with Gasteiger partial charge in [-0.2, -0.15) is 0 Å². The number of unbranched alkanes of at least 4 members (excludes halogenated alkanes) is 5. The van der Waals surface area contributed by atoms with Crippen molar-refractivity contribution in [2.45, 2.75) is 79.1 Å². The molecule has 0 bridgehead atoms. The van der Waals surface area contributed by atoms with Crippen molar-refractivity contribution in [2.75, 3.05) is 22.9 Å². The molecule has 0 aliphatic heterocycles. The monoisotopic (exact) mass is 740 g/mol. The molecule has 56 heavy (non-hydrogen) atoms. The van der Waals surface area contributed by atoms with Gasteiger partial charge in [-0.1, -0.05) is 49.9 Å². The van der Waals surface area contributed by atoms with Crippen molar-refractivity contribution in [1.29, 1.82) is 0 Å². The minimum absolute atomic E-state index is 0.755. The average Bonchev–Trinajstić information content (AvgIpc) is 3.17. The number of aryl methyl sites for hydroxylation is 6. The van der Waals surface area contributed by atoms with Gasteiger partial charge in [0.25, 0.3) is 0 Å². The second-order valence-corrected chi connectivity index (χ2v) is 15.6. The number of nitrogens with two attached hydrogens (primary N) is 4. The number of benzene rings is 6. The summed E-state index contributed by atoms with van der Waals surface area (Å²) in [7, 11) is 0. The van der Waals surface area contributed by atoms with Crippen LogP contribution in [0, 0.1) is 27.7 Å². The smallest absolute Gasteiger partial charge is 0.239 e. The largest absolute Gasteiger partial charge is 0.398 e. The second-order valence-electron chi connectivity index (χ2n) is 15.6. The van der Waals surface area contributed by atoms with Gasteiger partial charge in [-0.25, -0.2) is 9.97 Å². The molecule has 2 aromatic heterocycles. The van der Waals surface area contributed by atoms with Crippen molar-refractivity contribution >= 4 is 66.9 Å². The summed E-state index contributed by atoms with van der Waals surface area (Å²) in [5.74, 6) is 0. The molecule has 0 amide bonds. The summed E-state index contributed by atoms with van der Waals surface area (Å²) in [5.41, 5.74) is 45.2. The number of nitrogens with zero attached hydrogens (tertiary/aromatic N) is 4. The lowest BCUT2D eigenvalue weighted by atomic mass is 10.0. The highest BCUT2D eigenvalue weighted by Gasteiger charge is 2.24. The Labute approximate surface area is 328 Å². The summed E-state index contributed by atoms with van der Waals surface area (Å²) in [6.45, 7) is 8.11. The molecule has 282 valence electrons. The Morgan fingerprint density at radius 2 is 0.696 bits per heavy atom. The number of aromatic nitrogens is 4. The topological polar surface area (TPSA) is 138 Å². The second kappa shape index (κ2) is 15.1. The predicted octanol–water partition coefficient (Wildman–Crippen LogP) is 9.33. The quantitative estimate of drug-likeness (QED) is 0.0452. The first kappa shape index (κ1) is 36.7. The standard InChI is InChI=1S/C48H50N8/c1-29-19-41-45(25-37(29)49)55(46-26-38(50)30(2)20-42(46)53-41)35-17-11-15-33(23-35)13-9-7-5-6-8-10-14-34-16-12-18-36(24-34)56-47-27-39(51)31(3)21-43(47)54-44-22-32(4)40(52)28-48(44)56/h11-12,15-28H,5-10,13-14H2,1-4H3,(H6,49,50,51,52)/p+2. The molecule has 8 aromatic rings. The zero-order chi connectivity index (χ0) is 39.1. The number of hydrogen-bond donors (Lipinski definition) is 4. The lowest BCUT2D eigenvalue weighted by molar-refractivity contribution is -0.538. The van der Waals surface area contributed by atoms with Crippen LogP contribution in [0.4, 0.5) is 22.7 Å². The summed E-state index contributed by atoms with van der Waals surface area (Å²) in [4.78, 5) is 10.0. The fourth-order valence-electron chi connectivity index (χ4n) is 8.01. The SMILES string of the molecule is Cc1cc2nc3cc(C)c(N)cc3[n+](-c3cccc(CCCCCCCCc4cccc(-[n+]5c6cc(N)c(C)cc6nc6cc(C)c(N)cc65)c4)c3)c2cc1N. The first-order valence-electron chi connectivity index (χ1n) is 19.9. The zero-order valence-electron chi connectivity index (χ0n) is 33.0. The van der Waals surface area contributed by atoms with E-state index in [2.05, 4.69) is 81.9 Å². The van der Waals surface area contributed by atoms with Gasteiger partial charge < -0.3 is 22.9 Å². The Hall–Kier alpha value is -6.28. The Balaban J connectivity index is 0.906. The molecule has 8 nitrogen and oxygen atoms in total. The summed E-state index contributed by atoms with van der Waals surface area (Å²) in [5, 5.41) is 0. The molecule has 0 aliphatic carbocycles. The Kier molecular flexibility index (Phi) is 9.89. The van der Waals surface area contributed by atoms with E-state index in [1.165, 1.54) is 36.8 Å². The van der Waals surface area contributed by atoms with Crippen LogP contribution in [0.15, 0.2) is 97.1 Å². The van der Waals surface area contributed by atoms with Crippen LogP contribution in [-0.4, -0.2) is 9.97 Å². The van der Waals surface area contributed by atoms with Crippen LogP contribution in [0.1, 0.15) is 71.9 Å². The Morgan fingerprint density at radius 1 is 0.393 bits per heavy atom. The number of rotatable bonds is 11. The molecule has 0 aliphatic rings. The van der Waals surface area contributed by atoms with Crippen LogP contribution >= 0.6 is 0 Å². The molecule has 2 heterocycles. The average molecular weight is 741 g/mol. The third kappa shape index (κ3) is 7.15. The van der Waals surface area contributed by atoms with Gasteiger partial charge in [0.1, 0.15) is 22.1 Å². The highest BCUT2D eigenvalue weighted by Crippen LogP contribution is 2.27. The minimum atomic E-state index is 0.755. The van der Waals surface area contributed by atoms with Crippen molar-refractivity contribution in [1.82, 2.24) is 9.97 Å². The summed E-state index contributed by atoms with van der Waals surface area (Å²) in [6, 6.07) is 34.2. The minimum Gasteiger partial charge on any atom is -0.398 e. The zero-order valence-corrected chi connectivity index (χ0v) is 33.0. The van der Waals surface area contributed by atoms with Gasteiger partial charge in [0, 0.05) is 71.3 Å². The van der Waals surface area contributed by atoms with Gasteiger partial charge >= 0.3 is 0 Å². The van der Waals surface area contributed by atoms with E-state index in [0.717, 1.165) is 126 Å². The van der Waals surface area contributed by atoms with E-state index in [1.54, 1.807) is 0 Å².